The summed E-state index contributed by atoms with van der Waals surface area (Å²) in [6.07, 6.45) is 8.49. The molecule has 33 heavy (non-hydrogen) atoms. The molecule has 0 unspecified atom stereocenters. The van der Waals surface area contributed by atoms with Crippen LogP contribution in [-0.2, 0) is 9.31 Å². The van der Waals surface area contributed by atoms with Gasteiger partial charge >= 0.3 is 7.12 Å². The molecule has 5 nitrogen and oxygen atoms in total. The second-order valence-electron chi connectivity index (χ2n) is 9.53. The first-order valence-electron chi connectivity index (χ1n) is 11.5. The van der Waals surface area contributed by atoms with E-state index in [4.69, 9.17) is 24.3 Å². The highest BCUT2D eigenvalue weighted by molar-refractivity contribution is 6.62. The topological polar surface area (TPSA) is 57.1 Å². The van der Waals surface area contributed by atoms with Crippen molar-refractivity contribution in [2.75, 3.05) is 0 Å². The van der Waals surface area contributed by atoms with Crippen molar-refractivity contribution in [3.8, 4) is 22.8 Å². The molecule has 0 N–H and O–H groups in total. The van der Waals surface area contributed by atoms with E-state index < -0.39 is 18.3 Å². The second kappa shape index (κ2) is 8.36. The van der Waals surface area contributed by atoms with E-state index >= 15 is 0 Å². The molecular weight excluding hydrogens is 409 g/mol. The quantitative estimate of drug-likeness (QED) is 0.523. The Bertz CT molecular complexity index is 1220. The molecule has 0 spiro atoms. The van der Waals surface area contributed by atoms with E-state index in [1.54, 1.807) is 0 Å². The summed E-state index contributed by atoms with van der Waals surface area (Å²) in [6, 6.07) is 18.1. The van der Waals surface area contributed by atoms with E-state index in [1.807, 2.05) is 48.5 Å². The van der Waals surface area contributed by atoms with Gasteiger partial charge in [0.05, 0.1) is 11.2 Å². The monoisotopic (exact) mass is 437 g/mol. The highest BCUT2D eigenvalue weighted by Crippen LogP contribution is 2.36. The summed E-state index contributed by atoms with van der Waals surface area (Å²) >= 11 is 0. The Balaban J connectivity index is 1.57. The predicted molar refractivity (Wildman–Crippen MR) is 133 cm³/mol. The van der Waals surface area contributed by atoms with Crippen molar-refractivity contribution >= 4 is 18.2 Å². The Kier molecular flexibility index (Phi) is 5.51. The third-order valence-corrected chi connectivity index (χ3v) is 6.59. The van der Waals surface area contributed by atoms with Gasteiger partial charge < -0.3 is 9.31 Å². The summed E-state index contributed by atoms with van der Waals surface area (Å²) < 4.78 is 12.5. The van der Waals surface area contributed by atoms with Crippen LogP contribution in [0, 0.1) is 0 Å². The van der Waals surface area contributed by atoms with Crippen molar-refractivity contribution < 1.29 is 9.31 Å². The van der Waals surface area contributed by atoms with Gasteiger partial charge in [-0.05, 0) is 46.0 Å². The molecule has 0 amide bonds. The van der Waals surface area contributed by atoms with Crippen molar-refractivity contribution in [3.05, 3.63) is 78.6 Å². The summed E-state index contributed by atoms with van der Waals surface area (Å²) in [7, 11) is -0.436. The fourth-order valence-electron chi connectivity index (χ4n) is 3.93. The van der Waals surface area contributed by atoms with Crippen LogP contribution >= 0.6 is 0 Å². The van der Waals surface area contributed by atoms with Gasteiger partial charge in [-0.25, -0.2) is 15.0 Å². The highest BCUT2D eigenvalue weighted by Gasteiger charge is 2.51. The van der Waals surface area contributed by atoms with Gasteiger partial charge in [-0.2, -0.15) is 0 Å². The molecular formula is C27H28BN3O2. The van der Waals surface area contributed by atoms with Crippen molar-refractivity contribution in [2.24, 2.45) is 0 Å². The van der Waals surface area contributed by atoms with Crippen LogP contribution in [0.2, 0.25) is 0 Å². The third kappa shape index (κ3) is 4.29. The zero-order valence-electron chi connectivity index (χ0n) is 19.6. The van der Waals surface area contributed by atoms with E-state index in [2.05, 4.69) is 52.0 Å². The molecule has 1 fully saturated rings. The normalized spacial score (nSPS) is 18.9. The maximum Gasteiger partial charge on any atom is 0.494 e. The van der Waals surface area contributed by atoms with Gasteiger partial charge in [-0.1, -0.05) is 72.8 Å². The summed E-state index contributed by atoms with van der Waals surface area (Å²) in [5.74, 6) is 1.99. The molecule has 166 valence electrons. The van der Waals surface area contributed by atoms with E-state index in [9.17, 15) is 0 Å². The second-order valence-corrected chi connectivity index (χ2v) is 9.53. The molecule has 6 heteroatoms. The number of allylic oxidation sites excluding steroid dienone is 4. The highest BCUT2D eigenvalue weighted by atomic mass is 16.7. The van der Waals surface area contributed by atoms with Crippen LogP contribution in [0.1, 0.15) is 46.4 Å². The van der Waals surface area contributed by atoms with Crippen LogP contribution in [0.25, 0.3) is 28.3 Å². The maximum absolute atomic E-state index is 6.26. The van der Waals surface area contributed by atoms with Crippen molar-refractivity contribution in [1.29, 1.82) is 0 Å². The molecule has 0 atom stereocenters. The number of nitrogens with zero attached hydrogens (tertiary/aromatic N) is 3. The Hall–Kier alpha value is -3.09. The fraction of sp³-hybridized carbons (Fsp3) is 0.296. The van der Waals surface area contributed by atoms with Crippen LogP contribution < -0.4 is 5.46 Å². The van der Waals surface area contributed by atoms with Crippen molar-refractivity contribution in [1.82, 2.24) is 15.0 Å². The molecule has 2 aliphatic rings. The Morgan fingerprint density at radius 3 is 2.03 bits per heavy atom. The summed E-state index contributed by atoms with van der Waals surface area (Å²) in [5.41, 5.74) is 3.06. The molecule has 2 aromatic carbocycles. The molecule has 0 saturated carbocycles. The lowest BCUT2D eigenvalue weighted by atomic mass is 9.78. The lowest BCUT2D eigenvalue weighted by Crippen LogP contribution is -2.41. The molecule has 0 radical (unpaired) electrons. The number of aromatic nitrogens is 3. The Labute approximate surface area is 195 Å². The molecule has 1 aliphatic heterocycles. The molecule has 1 saturated heterocycles. The fourth-order valence-corrected chi connectivity index (χ4v) is 3.93. The molecule has 1 aromatic heterocycles. The van der Waals surface area contributed by atoms with Gasteiger partial charge in [-0.3, -0.25) is 0 Å². The van der Waals surface area contributed by atoms with E-state index in [0.29, 0.717) is 17.5 Å². The van der Waals surface area contributed by atoms with Gasteiger partial charge in [0, 0.05) is 16.7 Å². The molecule has 0 bridgehead atoms. The predicted octanol–water partition coefficient (Wildman–Crippen LogP) is 5.24. The molecule has 3 aromatic rings. The van der Waals surface area contributed by atoms with Crippen LogP contribution in [0.15, 0.2) is 72.8 Å². The van der Waals surface area contributed by atoms with Gasteiger partial charge in [-0.15, -0.1) is 0 Å². The van der Waals surface area contributed by atoms with Crippen LogP contribution in [-0.4, -0.2) is 33.3 Å². The van der Waals surface area contributed by atoms with Gasteiger partial charge in [0.1, 0.15) is 0 Å². The largest absolute Gasteiger partial charge is 0.494 e. The lowest BCUT2D eigenvalue weighted by Gasteiger charge is -2.32. The zero-order valence-corrected chi connectivity index (χ0v) is 19.6. The maximum atomic E-state index is 6.26. The van der Waals surface area contributed by atoms with Crippen molar-refractivity contribution in [3.63, 3.8) is 0 Å². The van der Waals surface area contributed by atoms with Gasteiger partial charge in [0.25, 0.3) is 0 Å². The number of hydrogen-bond acceptors (Lipinski definition) is 5. The summed E-state index contributed by atoms with van der Waals surface area (Å²) in [6.45, 7) is 8.25. The van der Waals surface area contributed by atoms with Crippen molar-refractivity contribution in [2.45, 2.75) is 51.7 Å². The molecule has 2 heterocycles. The van der Waals surface area contributed by atoms with Gasteiger partial charge in [0.15, 0.2) is 17.5 Å². The average Bonchev–Trinajstić information content (AvgIpc) is 3.07. The van der Waals surface area contributed by atoms with Crippen LogP contribution in [0.5, 0.6) is 0 Å². The first-order valence-corrected chi connectivity index (χ1v) is 11.5. The first-order chi connectivity index (χ1) is 15.8. The Morgan fingerprint density at radius 2 is 1.36 bits per heavy atom. The number of benzene rings is 2. The first kappa shape index (κ1) is 21.7. The van der Waals surface area contributed by atoms with E-state index in [1.165, 1.54) is 0 Å². The zero-order chi connectivity index (χ0) is 23.1. The average molecular weight is 437 g/mol. The minimum atomic E-state index is -0.436. The minimum absolute atomic E-state index is 0.395. The SMILES string of the molecule is CC1(C)OB(c2cccc(-c3nc(C4=CCCC=C4)nc(-c4ccccc4)n3)c2)OC1(C)C. The van der Waals surface area contributed by atoms with E-state index in [-0.39, 0.29) is 0 Å². The standard InChI is InChI=1S/C27H28BN3O2/c1-26(2)27(3,4)33-28(32-26)22-17-11-16-21(18-22)25-30-23(19-12-7-5-8-13-19)29-24(31-25)20-14-9-6-10-15-20/h5,7-9,11-18H,6,10H2,1-4H3. The third-order valence-electron chi connectivity index (χ3n) is 6.59. The number of hydrogen-bond donors (Lipinski definition) is 0. The smallest absolute Gasteiger partial charge is 0.399 e. The molecule has 1 aliphatic carbocycles. The summed E-state index contributed by atoms with van der Waals surface area (Å²) in [5, 5.41) is 0. The lowest BCUT2D eigenvalue weighted by molar-refractivity contribution is 0.00578. The Morgan fingerprint density at radius 1 is 0.727 bits per heavy atom. The molecule has 5 rings (SSSR count). The van der Waals surface area contributed by atoms with Crippen LogP contribution in [0.4, 0.5) is 0 Å². The summed E-state index contributed by atoms with van der Waals surface area (Å²) in [4.78, 5) is 14.5. The van der Waals surface area contributed by atoms with E-state index in [0.717, 1.165) is 35.0 Å². The van der Waals surface area contributed by atoms with Crippen LogP contribution in [0.3, 0.4) is 0 Å². The number of rotatable bonds is 4. The minimum Gasteiger partial charge on any atom is -0.399 e. The van der Waals surface area contributed by atoms with Gasteiger partial charge in [0.2, 0.25) is 0 Å².